The number of nitrogens with one attached hydrogen (secondary N) is 1. The molecular weight excluding hydrogens is 254 g/mol. The maximum Gasteiger partial charge on any atom is 0.295 e. The van der Waals surface area contributed by atoms with Crippen LogP contribution in [-0.2, 0) is 21.4 Å². The molecule has 0 fully saturated rings. The van der Waals surface area contributed by atoms with E-state index in [2.05, 4.69) is 10.3 Å². The lowest BCUT2D eigenvalue weighted by atomic mass is 10.2. The van der Waals surface area contributed by atoms with Crippen LogP contribution in [0.15, 0.2) is 18.3 Å². The number of sulfonamides is 1. The van der Waals surface area contributed by atoms with Crippen LogP contribution >= 0.6 is 0 Å². The Balaban J connectivity index is 3.01. The molecule has 6 nitrogen and oxygen atoms in total. The van der Waals surface area contributed by atoms with Crippen LogP contribution in [0.4, 0.5) is 5.82 Å². The van der Waals surface area contributed by atoms with Crippen LogP contribution in [0.2, 0.25) is 0 Å². The van der Waals surface area contributed by atoms with E-state index < -0.39 is 15.9 Å². The number of hydrogen-bond donors (Lipinski definition) is 1. The fourth-order valence-corrected chi connectivity index (χ4v) is 1.71. The quantitative estimate of drug-likeness (QED) is 0.761. The lowest BCUT2D eigenvalue weighted by Crippen LogP contribution is -2.28. The summed E-state index contributed by atoms with van der Waals surface area (Å²) in [5.41, 5.74) is 0.564. The average molecular weight is 267 g/mol. The zero-order valence-electron chi connectivity index (χ0n) is 10.0. The van der Waals surface area contributed by atoms with Crippen LogP contribution in [-0.4, -0.2) is 32.6 Å². The number of hydrogen-bond acceptors (Lipinski definition) is 4. The van der Waals surface area contributed by atoms with Gasteiger partial charge < -0.3 is 5.32 Å². The van der Waals surface area contributed by atoms with Gasteiger partial charge in [-0.2, -0.15) is 0 Å². The molecule has 1 aromatic rings. The van der Waals surface area contributed by atoms with Gasteiger partial charge in [0, 0.05) is 25.4 Å². The van der Waals surface area contributed by atoms with E-state index in [0.29, 0.717) is 5.56 Å². The smallest absolute Gasteiger partial charge is 0.295 e. The molecule has 1 rings (SSSR count). The van der Waals surface area contributed by atoms with Gasteiger partial charge in [-0.25, -0.2) is 13.4 Å². The predicted molar refractivity (Wildman–Crippen MR) is 68.2 cm³/mol. The third-order valence-corrected chi connectivity index (χ3v) is 3.40. The van der Waals surface area contributed by atoms with E-state index in [9.17, 15) is 13.2 Å². The molecule has 1 aromatic heterocycles. The number of amides is 1. The molecule has 0 aliphatic rings. The van der Waals surface area contributed by atoms with Gasteiger partial charge in [0.2, 0.25) is 10.0 Å². The van der Waals surface area contributed by atoms with Gasteiger partial charge >= 0.3 is 0 Å². The van der Waals surface area contributed by atoms with Crippen molar-refractivity contribution >= 4 is 21.7 Å². The Morgan fingerprint density at radius 1 is 1.61 bits per heavy atom. The minimum absolute atomic E-state index is 0.117. The van der Waals surface area contributed by atoms with Crippen molar-refractivity contribution < 1.29 is 13.2 Å². The summed E-state index contributed by atoms with van der Waals surface area (Å²) >= 11 is 0. The standard InChI is InChI=1S/C11H13N3O3S/c1-4-10(15)13-8-9-6-5-7-12-11(9)14(2)18(3,16)17/h1,5-7H,8H2,2-3H3,(H,13,15). The maximum absolute atomic E-state index is 11.4. The second-order valence-electron chi connectivity index (χ2n) is 3.54. The second-order valence-corrected chi connectivity index (χ2v) is 5.56. The fourth-order valence-electron chi connectivity index (χ4n) is 1.24. The average Bonchev–Trinajstić information content (AvgIpc) is 2.34. The molecule has 0 saturated carbocycles. The van der Waals surface area contributed by atoms with E-state index in [1.807, 2.05) is 5.92 Å². The normalized spacial score (nSPS) is 10.5. The Morgan fingerprint density at radius 3 is 2.83 bits per heavy atom. The Kier molecular flexibility index (Phi) is 4.28. The highest BCUT2D eigenvalue weighted by Gasteiger charge is 2.16. The Labute approximate surface area is 106 Å². The molecule has 0 unspecified atom stereocenters. The molecule has 0 spiro atoms. The van der Waals surface area contributed by atoms with Crippen LogP contribution in [0.3, 0.4) is 0 Å². The highest BCUT2D eigenvalue weighted by Crippen LogP contribution is 2.17. The van der Waals surface area contributed by atoms with Crippen LogP contribution in [0.5, 0.6) is 0 Å². The third kappa shape index (κ3) is 3.46. The molecule has 96 valence electrons. The number of carbonyl (C=O) groups is 1. The van der Waals surface area contributed by atoms with E-state index in [1.165, 1.54) is 13.2 Å². The summed E-state index contributed by atoms with van der Waals surface area (Å²) in [7, 11) is -2.01. The van der Waals surface area contributed by atoms with Crippen molar-refractivity contribution in [2.24, 2.45) is 0 Å². The van der Waals surface area contributed by atoms with E-state index in [4.69, 9.17) is 6.42 Å². The van der Waals surface area contributed by atoms with Gasteiger partial charge in [0.1, 0.15) is 5.82 Å². The van der Waals surface area contributed by atoms with Gasteiger partial charge in [0.05, 0.1) is 6.26 Å². The first-order valence-electron chi connectivity index (χ1n) is 4.98. The van der Waals surface area contributed by atoms with Crippen LogP contribution in [0.1, 0.15) is 5.56 Å². The van der Waals surface area contributed by atoms with Crippen molar-refractivity contribution in [2.75, 3.05) is 17.6 Å². The molecule has 0 saturated heterocycles. The molecule has 0 aliphatic heterocycles. The molecule has 0 aliphatic carbocycles. The van der Waals surface area contributed by atoms with Crippen molar-refractivity contribution in [3.05, 3.63) is 23.9 Å². The summed E-state index contributed by atoms with van der Waals surface area (Å²) in [6, 6.07) is 3.32. The summed E-state index contributed by atoms with van der Waals surface area (Å²) < 4.78 is 23.9. The first-order chi connectivity index (χ1) is 8.36. The van der Waals surface area contributed by atoms with Gasteiger partial charge in [-0.15, -0.1) is 6.42 Å². The SMILES string of the molecule is C#CC(=O)NCc1cccnc1N(C)S(C)(=O)=O. The summed E-state index contributed by atoms with van der Waals surface area (Å²) in [4.78, 5) is 15.0. The molecule has 7 heteroatoms. The number of nitrogens with zero attached hydrogens (tertiary/aromatic N) is 2. The number of rotatable bonds is 4. The summed E-state index contributed by atoms with van der Waals surface area (Å²) in [5.74, 6) is 1.61. The molecular formula is C11H13N3O3S. The Bertz CT molecular complexity index is 590. The Morgan fingerprint density at radius 2 is 2.28 bits per heavy atom. The topological polar surface area (TPSA) is 79.4 Å². The number of anilines is 1. The van der Waals surface area contributed by atoms with Crippen molar-refractivity contribution in [2.45, 2.75) is 6.54 Å². The number of terminal acetylenes is 1. The number of carbonyl (C=O) groups excluding carboxylic acids is 1. The van der Waals surface area contributed by atoms with Crippen molar-refractivity contribution in [1.82, 2.24) is 10.3 Å². The number of aromatic nitrogens is 1. The maximum atomic E-state index is 11.4. The van der Waals surface area contributed by atoms with Crippen molar-refractivity contribution in [3.63, 3.8) is 0 Å². The van der Waals surface area contributed by atoms with Gasteiger partial charge in [-0.05, 0) is 12.0 Å². The highest BCUT2D eigenvalue weighted by molar-refractivity contribution is 7.92. The van der Waals surface area contributed by atoms with E-state index in [-0.39, 0.29) is 12.4 Å². The zero-order valence-corrected chi connectivity index (χ0v) is 10.9. The molecule has 1 amide bonds. The number of pyridine rings is 1. The Hall–Kier alpha value is -2.07. The van der Waals surface area contributed by atoms with Gasteiger partial charge in [-0.1, -0.05) is 6.07 Å². The minimum Gasteiger partial charge on any atom is -0.341 e. The first kappa shape index (κ1) is 14.0. The molecule has 1 heterocycles. The van der Waals surface area contributed by atoms with Crippen LogP contribution in [0.25, 0.3) is 0 Å². The minimum atomic E-state index is -3.40. The molecule has 0 radical (unpaired) electrons. The zero-order chi connectivity index (χ0) is 13.8. The fraction of sp³-hybridized carbons (Fsp3) is 0.273. The van der Waals surface area contributed by atoms with E-state index in [1.54, 1.807) is 12.1 Å². The second kappa shape index (κ2) is 5.51. The summed E-state index contributed by atoms with van der Waals surface area (Å²) in [6.07, 6.45) is 7.47. The predicted octanol–water partition coefficient (Wildman–Crippen LogP) is -0.273. The van der Waals surface area contributed by atoms with Crippen LogP contribution < -0.4 is 9.62 Å². The van der Waals surface area contributed by atoms with Crippen molar-refractivity contribution in [1.29, 1.82) is 0 Å². The summed E-state index contributed by atoms with van der Waals surface area (Å²) in [6.45, 7) is 0.117. The molecule has 0 bridgehead atoms. The van der Waals surface area contributed by atoms with E-state index >= 15 is 0 Å². The molecule has 18 heavy (non-hydrogen) atoms. The first-order valence-corrected chi connectivity index (χ1v) is 6.83. The highest BCUT2D eigenvalue weighted by atomic mass is 32.2. The molecule has 0 aromatic carbocycles. The van der Waals surface area contributed by atoms with E-state index in [0.717, 1.165) is 10.6 Å². The largest absolute Gasteiger partial charge is 0.341 e. The molecule has 0 atom stereocenters. The lowest BCUT2D eigenvalue weighted by Gasteiger charge is -2.18. The lowest BCUT2D eigenvalue weighted by molar-refractivity contribution is -0.115. The van der Waals surface area contributed by atoms with Crippen LogP contribution in [0, 0.1) is 12.3 Å². The summed E-state index contributed by atoms with van der Waals surface area (Å²) in [5, 5.41) is 2.46. The third-order valence-electron chi connectivity index (χ3n) is 2.23. The van der Waals surface area contributed by atoms with Gasteiger partial charge in [-0.3, -0.25) is 9.10 Å². The molecule has 1 N–H and O–H groups in total. The van der Waals surface area contributed by atoms with Gasteiger partial charge in [0.15, 0.2) is 0 Å². The van der Waals surface area contributed by atoms with Crippen molar-refractivity contribution in [3.8, 4) is 12.3 Å². The monoisotopic (exact) mass is 267 g/mol. The van der Waals surface area contributed by atoms with Gasteiger partial charge in [0.25, 0.3) is 5.91 Å².